The van der Waals surface area contributed by atoms with Crippen molar-refractivity contribution < 1.29 is 4.79 Å². The lowest BCUT2D eigenvalue weighted by atomic mass is 10.1. The Hall–Kier alpha value is -3.13. The smallest absolute Gasteiger partial charge is 0.274 e. The normalized spacial score (nSPS) is 10.4. The zero-order chi connectivity index (χ0) is 15.7. The van der Waals surface area contributed by atoms with Gasteiger partial charge in [0.25, 0.3) is 5.91 Å². The summed E-state index contributed by atoms with van der Waals surface area (Å²) in [5, 5.41) is 11.8. The lowest BCUT2D eigenvalue weighted by molar-refractivity contribution is 0.102. The third-order valence-electron chi connectivity index (χ3n) is 3.52. The third-order valence-corrected chi connectivity index (χ3v) is 3.52. The Balaban J connectivity index is 1.96. The molecule has 2 aromatic heterocycles. The number of amides is 1. The molecule has 22 heavy (non-hydrogen) atoms. The number of nitrogens with one attached hydrogen (secondary N) is 1. The first-order valence-electron chi connectivity index (χ1n) is 6.84. The lowest BCUT2D eigenvalue weighted by Gasteiger charge is -2.08. The maximum Gasteiger partial charge on any atom is 0.274 e. The number of pyridine rings is 1. The predicted molar refractivity (Wildman–Crippen MR) is 83.8 cm³/mol. The van der Waals surface area contributed by atoms with E-state index in [1.165, 1.54) is 0 Å². The summed E-state index contributed by atoms with van der Waals surface area (Å²) in [6.07, 6.45) is 3.37. The minimum Gasteiger partial charge on any atom is -0.320 e. The van der Waals surface area contributed by atoms with Crippen molar-refractivity contribution in [3.63, 3.8) is 0 Å². The molecule has 0 aliphatic heterocycles. The second-order valence-electron chi connectivity index (χ2n) is 5.17. The van der Waals surface area contributed by atoms with Crippen LogP contribution in [0.15, 0.2) is 42.7 Å². The predicted octanol–water partition coefficient (Wildman–Crippen LogP) is 3.08. The first kappa shape index (κ1) is 13.8. The molecule has 5 heteroatoms. The van der Waals surface area contributed by atoms with E-state index in [2.05, 4.69) is 16.4 Å². The highest BCUT2D eigenvalue weighted by Crippen LogP contribution is 2.18. The number of rotatable bonds is 2. The molecule has 1 N–H and O–H groups in total. The van der Waals surface area contributed by atoms with Crippen LogP contribution in [0.5, 0.6) is 0 Å². The number of aryl methyl sites for hydroxylation is 2. The Bertz CT molecular complexity index is 918. The lowest BCUT2D eigenvalue weighted by Crippen LogP contribution is -2.15. The first-order valence-corrected chi connectivity index (χ1v) is 6.84. The Kier molecular flexibility index (Phi) is 3.36. The molecule has 0 bridgehead atoms. The molecule has 1 aromatic carbocycles. The SMILES string of the molecule is Cc1ccn2c(C(=O)Nc3cc(C#N)ccc3C)cnc2c1. The molecule has 3 aromatic rings. The highest BCUT2D eigenvalue weighted by atomic mass is 16.1. The summed E-state index contributed by atoms with van der Waals surface area (Å²) in [6, 6.07) is 11.1. The van der Waals surface area contributed by atoms with Crippen LogP contribution in [-0.2, 0) is 0 Å². The van der Waals surface area contributed by atoms with Crippen molar-refractivity contribution in [2.75, 3.05) is 5.32 Å². The van der Waals surface area contributed by atoms with Gasteiger partial charge in [-0.25, -0.2) is 4.98 Å². The standard InChI is InChI=1S/C17H14N4O/c1-11-5-6-21-15(10-19-16(21)7-11)17(22)20-14-8-13(9-18)4-3-12(14)2/h3-8,10H,1-2H3,(H,20,22). The van der Waals surface area contributed by atoms with Crippen molar-refractivity contribution in [2.45, 2.75) is 13.8 Å². The number of nitriles is 1. The van der Waals surface area contributed by atoms with Crippen LogP contribution in [0.2, 0.25) is 0 Å². The fourth-order valence-corrected chi connectivity index (χ4v) is 2.26. The van der Waals surface area contributed by atoms with E-state index in [-0.39, 0.29) is 5.91 Å². The van der Waals surface area contributed by atoms with Gasteiger partial charge in [0.05, 0.1) is 17.8 Å². The number of imidazole rings is 1. The van der Waals surface area contributed by atoms with E-state index in [0.717, 1.165) is 16.8 Å². The molecule has 5 nitrogen and oxygen atoms in total. The number of anilines is 1. The molecule has 0 spiro atoms. The molecule has 2 heterocycles. The van der Waals surface area contributed by atoms with E-state index in [1.54, 1.807) is 22.7 Å². The topological polar surface area (TPSA) is 70.2 Å². The number of benzene rings is 1. The molecule has 108 valence electrons. The number of nitrogens with zero attached hydrogens (tertiary/aromatic N) is 3. The maximum atomic E-state index is 12.5. The molecule has 0 unspecified atom stereocenters. The van der Waals surface area contributed by atoms with E-state index in [9.17, 15) is 4.79 Å². The minimum absolute atomic E-state index is 0.255. The molecule has 0 aliphatic carbocycles. The molecule has 3 rings (SSSR count). The second kappa shape index (κ2) is 5.34. The van der Waals surface area contributed by atoms with Gasteiger partial charge in [-0.05, 0) is 49.2 Å². The van der Waals surface area contributed by atoms with E-state index < -0.39 is 0 Å². The molecular formula is C17H14N4O. The molecule has 1 amide bonds. The minimum atomic E-state index is -0.255. The average Bonchev–Trinajstić information content (AvgIpc) is 2.92. The van der Waals surface area contributed by atoms with Gasteiger partial charge >= 0.3 is 0 Å². The molecule has 0 aliphatic rings. The van der Waals surface area contributed by atoms with Gasteiger partial charge < -0.3 is 5.32 Å². The van der Waals surface area contributed by atoms with Gasteiger partial charge in [-0.15, -0.1) is 0 Å². The Morgan fingerprint density at radius 1 is 1.27 bits per heavy atom. The maximum absolute atomic E-state index is 12.5. The summed E-state index contributed by atoms with van der Waals surface area (Å²) < 4.78 is 1.74. The van der Waals surface area contributed by atoms with Gasteiger partial charge in [0.15, 0.2) is 0 Å². The molecule has 0 radical (unpaired) electrons. The monoisotopic (exact) mass is 290 g/mol. The van der Waals surface area contributed by atoms with E-state index in [4.69, 9.17) is 5.26 Å². The number of fused-ring (bicyclic) bond motifs is 1. The summed E-state index contributed by atoms with van der Waals surface area (Å²) >= 11 is 0. The summed E-state index contributed by atoms with van der Waals surface area (Å²) in [5.41, 5.74) is 4.31. The van der Waals surface area contributed by atoms with Gasteiger partial charge in [-0.1, -0.05) is 6.07 Å². The van der Waals surface area contributed by atoms with Gasteiger partial charge in [-0.3, -0.25) is 9.20 Å². The van der Waals surface area contributed by atoms with Crippen LogP contribution in [0.1, 0.15) is 27.2 Å². The Morgan fingerprint density at radius 2 is 2.09 bits per heavy atom. The summed E-state index contributed by atoms with van der Waals surface area (Å²) in [7, 11) is 0. The molecule has 0 saturated carbocycles. The highest BCUT2D eigenvalue weighted by Gasteiger charge is 2.13. The quantitative estimate of drug-likeness (QED) is 0.788. The van der Waals surface area contributed by atoms with Crippen molar-refractivity contribution in [3.8, 4) is 6.07 Å². The van der Waals surface area contributed by atoms with Crippen molar-refractivity contribution >= 4 is 17.2 Å². The van der Waals surface area contributed by atoms with Crippen molar-refractivity contribution in [1.29, 1.82) is 5.26 Å². The Labute approximate surface area is 127 Å². The number of carbonyl (C=O) groups is 1. The third kappa shape index (κ3) is 2.42. The fraction of sp³-hybridized carbons (Fsp3) is 0.118. The van der Waals surface area contributed by atoms with Gasteiger partial charge in [0.1, 0.15) is 11.3 Å². The largest absolute Gasteiger partial charge is 0.320 e. The molecule has 0 atom stereocenters. The van der Waals surface area contributed by atoms with E-state index >= 15 is 0 Å². The summed E-state index contributed by atoms with van der Waals surface area (Å²) in [6.45, 7) is 3.86. The number of hydrogen-bond acceptors (Lipinski definition) is 3. The van der Waals surface area contributed by atoms with Crippen LogP contribution in [0.3, 0.4) is 0 Å². The average molecular weight is 290 g/mol. The molecule has 0 fully saturated rings. The Morgan fingerprint density at radius 3 is 2.86 bits per heavy atom. The van der Waals surface area contributed by atoms with Gasteiger partial charge in [0.2, 0.25) is 0 Å². The van der Waals surface area contributed by atoms with Crippen LogP contribution in [0, 0.1) is 25.2 Å². The van der Waals surface area contributed by atoms with Crippen LogP contribution in [-0.4, -0.2) is 15.3 Å². The van der Waals surface area contributed by atoms with Crippen molar-refractivity contribution in [3.05, 3.63) is 65.1 Å². The molecular weight excluding hydrogens is 276 g/mol. The van der Waals surface area contributed by atoms with Gasteiger partial charge in [0, 0.05) is 11.9 Å². The van der Waals surface area contributed by atoms with Crippen molar-refractivity contribution in [2.24, 2.45) is 0 Å². The molecule has 0 saturated heterocycles. The highest BCUT2D eigenvalue weighted by molar-refractivity contribution is 6.04. The van der Waals surface area contributed by atoms with Gasteiger partial charge in [-0.2, -0.15) is 5.26 Å². The summed E-state index contributed by atoms with van der Waals surface area (Å²) in [5.74, 6) is -0.255. The number of carbonyl (C=O) groups excluding carboxylic acids is 1. The summed E-state index contributed by atoms with van der Waals surface area (Å²) in [4.78, 5) is 16.7. The zero-order valence-corrected chi connectivity index (χ0v) is 12.3. The van der Waals surface area contributed by atoms with E-state index in [0.29, 0.717) is 16.9 Å². The number of aromatic nitrogens is 2. The van der Waals surface area contributed by atoms with Crippen LogP contribution >= 0.6 is 0 Å². The van der Waals surface area contributed by atoms with E-state index in [1.807, 2.05) is 38.2 Å². The zero-order valence-electron chi connectivity index (χ0n) is 12.3. The van der Waals surface area contributed by atoms with Crippen LogP contribution in [0.25, 0.3) is 5.65 Å². The van der Waals surface area contributed by atoms with Crippen LogP contribution < -0.4 is 5.32 Å². The number of hydrogen-bond donors (Lipinski definition) is 1. The van der Waals surface area contributed by atoms with Crippen molar-refractivity contribution in [1.82, 2.24) is 9.38 Å². The first-order chi connectivity index (χ1) is 10.6. The van der Waals surface area contributed by atoms with Crippen LogP contribution in [0.4, 0.5) is 5.69 Å². The fourth-order valence-electron chi connectivity index (χ4n) is 2.26. The second-order valence-corrected chi connectivity index (χ2v) is 5.17.